The number of hydrogen-bond donors (Lipinski definition) is 2. The van der Waals surface area contributed by atoms with Gasteiger partial charge in [-0.3, -0.25) is 4.79 Å². The predicted octanol–water partition coefficient (Wildman–Crippen LogP) is 4.71. The van der Waals surface area contributed by atoms with Gasteiger partial charge in [-0.25, -0.2) is 0 Å². The van der Waals surface area contributed by atoms with Gasteiger partial charge in [0.1, 0.15) is 5.60 Å². The van der Waals surface area contributed by atoms with Crippen molar-refractivity contribution in [3.05, 3.63) is 90.0 Å². The lowest BCUT2D eigenvalue weighted by molar-refractivity contribution is 0.0525. The summed E-state index contributed by atoms with van der Waals surface area (Å²) in [6.07, 6.45) is 1.94. The van der Waals surface area contributed by atoms with Gasteiger partial charge in [-0.1, -0.05) is 66.7 Å². The SMILES string of the molecule is CSc1ccccc1C(=O)NC[C@](C)(O)c1ccc(-c2ccccc2)cc1. The van der Waals surface area contributed by atoms with E-state index in [0.717, 1.165) is 21.6 Å². The van der Waals surface area contributed by atoms with E-state index in [9.17, 15) is 9.90 Å². The van der Waals surface area contributed by atoms with E-state index in [4.69, 9.17) is 0 Å². The van der Waals surface area contributed by atoms with Crippen LogP contribution in [-0.4, -0.2) is 23.8 Å². The fraction of sp³-hybridized carbons (Fsp3) is 0.174. The molecule has 4 heteroatoms. The number of hydrogen-bond acceptors (Lipinski definition) is 3. The zero-order valence-electron chi connectivity index (χ0n) is 15.5. The lowest BCUT2D eigenvalue weighted by Crippen LogP contribution is -2.38. The molecule has 0 saturated heterocycles. The van der Waals surface area contributed by atoms with Gasteiger partial charge < -0.3 is 10.4 Å². The monoisotopic (exact) mass is 377 g/mol. The molecule has 138 valence electrons. The highest BCUT2D eigenvalue weighted by atomic mass is 32.2. The van der Waals surface area contributed by atoms with Crippen LogP contribution in [0.4, 0.5) is 0 Å². The number of carbonyl (C=O) groups excluding carboxylic acids is 1. The topological polar surface area (TPSA) is 49.3 Å². The standard InChI is InChI=1S/C23H23NO2S/c1-23(26,16-24-22(25)20-10-6-7-11-21(20)27-2)19-14-12-18(13-15-19)17-8-4-3-5-9-17/h3-15,26H,16H2,1-2H3,(H,24,25)/t23-/m0/s1. The summed E-state index contributed by atoms with van der Waals surface area (Å²) in [5, 5.41) is 13.7. The lowest BCUT2D eigenvalue weighted by atomic mass is 9.93. The van der Waals surface area contributed by atoms with Gasteiger partial charge in [0, 0.05) is 4.90 Å². The van der Waals surface area contributed by atoms with E-state index in [2.05, 4.69) is 17.4 Å². The van der Waals surface area contributed by atoms with Crippen LogP contribution in [-0.2, 0) is 5.60 Å². The fourth-order valence-corrected chi connectivity index (χ4v) is 3.53. The summed E-state index contributed by atoms with van der Waals surface area (Å²) in [4.78, 5) is 13.4. The predicted molar refractivity (Wildman–Crippen MR) is 112 cm³/mol. The van der Waals surface area contributed by atoms with Crippen molar-refractivity contribution in [3.63, 3.8) is 0 Å². The summed E-state index contributed by atoms with van der Waals surface area (Å²) < 4.78 is 0. The van der Waals surface area contributed by atoms with Gasteiger partial charge in [-0.15, -0.1) is 11.8 Å². The molecule has 0 fully saturated rings. The van der Waals surface area contributed by atoms with Crippen molar-refractivity contribution in [2.45, 2.75) is 17.4 Å². The Morgan fingerprint density at radius 1 is 0.926 bits per heavy atom. The largest absolute Gasteiger partial charge is 0.384 e. The molecule has 3 rings (SSSR count). The van der Waals surface area contributed by atoms with Crippen molar-refractivity contribution in [2.24, 2.45) is 0 Å². The molecule has 0 aromatic heterocycles. The van der Waals surface area contributed by atoms with Crippen molar-refractivity contribution >= 4 is 17.7 Å². The molecule has 3 aromatic rings. The van der Waals surface area contributed by atoms with E-state index in [1.807, 2.05) is 66.9 Å². The molecule has 3 aromatic carbocycles. The fourth-order valence-electron chi connectivity index (χ4n) is 2.93. The second-order valence-electron chi connectivity index (χ2n) is 6.60. The first-order chi connectivity index (χ1) is 13.0. The third-order valence-electron chi connectivity index (χ3n) is 4.56. The molecule has 0 unspecified atom stereocenters. The quantitative estimate of drug-likeness (QED) is 0.612. The molecule has 0 aliphatic carbocycles. The Morgan fingerprint density at radius 2 is 1.52 bits per heavy atom. The Balaban J connectivity index is 1.70. The summed E-state index contributed by atoms with van der Waals surface area (Å²) in [6.45, 7) is 1.85. The van der Waals surface area contributed by atoms with Gasteiger partial charge in [0.25, 0.3) is 5.91 Å². The summed E-state index contributed by atoms with van der Waals surface area (Å²) in [7, 11) is 0. The molecular weight excluding hydrogens is 354 g/mol. The number of amides is 1. The normalized spacial score (nSPS) is 13.0. The second-order valence-corrected chi connectivity index (χ2v) is 7.45. The molecule has 0 heterocycles. The van der Waals surface area contributed by atoms with Crippen molar-refractivity contribution < 1.29 is 9.90 Å². The highest BCUT2D eigenvalue weighted by Crippen LogP contribution is 2.25. The van der Waals surface area contributed by atoms with Gasteiger partial charge in [-0.05, 0) is 42.0 Å². The molecule has 0 saturated carbocycles. The van der Waals surface area contributed by atoms with Crippen LogP contribution in [0.25, 0.3) is 11.1 Å². The number of aliphatic hydroxyl groups is 1. The maximum absolute atomic E-state index is 12.5. The molecule has 27 heavy (non-hydrogen) atoms. The van der Waals surface area contributed by atoms with Crippen LogP contribution in [0, 0.1) is 0 Å². The minimum absolute atomic E-state index is 0.138. The van der Waals surface area contributed by atoms with Crippen molar-refractivity contribution in [3.8, 4) is 11.1 Å². The van der Waals surface area contributed by atoms with E-state index in [1.54, 1.807) is 13.0 Å². The zero-order chi connectivity index (χ0) is 19.3. The van der Waals surface area contributed by atoms with E-state index in [1.165, 1.54) is 11.8 Å². The first kappa shape index (κ1) is 19.2. The van der Waals surface area contributed by atoms with Crippen molar-refractivity contribution in [1.29, 1.82) is 0 Å². The van der Waals surface area contributed by atoms with Crippen molar-refractivity contribution in [1.82, 2.24) is 5.32 Å². The molecule has 0 aliphatic rings. The van der Waals surface area contributed by atoms with Gasteiger partial charge in [0.2, 0.25) is 0 Å². The van der Waals surface area contributed by atoms with Crippen LogP contribution < -0.4 is 5.32 Å². The summed E-state index contributed by atoms with van der Waals surface area (Å²) in [5.74, 6) is -0.180. The molecule has 1 amide bonds. The first-order valence-corrected chi connectivity index (χ1v) is 10.0. The molecule has 1 atom stereocenters. The van der Waals surface area contributed by atoms with Crippen LogP contribution in [0.15, 0.2) is 83.8 Å². The van der Waals surface area contributed by atoms with Gasteiger partial charge >= 0.3 is 0 Å². The number of rotatable bonds is 6. The summed E-state index contributed by atoms with van der Waals surface area (Å²) in [5.41, 5.74) is 2.46. The Labute approximate surface area is 164 Å². The van der Waals surface area contributed by atoms with Gasteiger partial charge in [0.05, 0.1) is 12.1 Å². The molecule has 0 bridgehead atoms. The minimum Gasteiger partial charge on any atom is -0.384 e. The molecule has 0 radical (unpaired) electrons. The average molecular weight is 378 g/mol. The number of benzene rings is 3. The smallest absolute Gasteiger partial charge is 0.252 e. The third-order valence-corrected chi connectivity index (χ3v) is 5.35. The first-order valence-electron chi connectivity index (χ1n) is 8.81. The minimum atomic E-state index is -1.15. The zero-order valence-corrected chi connectivity index (χ0v) is 16.3. The molecular formula is C23H23NO2S. The summed E-state index contributed by atoms with van der Waals surface area (Å²) >= 11 is 1.53. The van der Waals surface area contributed by atoms with Crippen LogP contribution in [0.5, 0.6) is 0 Å². The van der Waals surface area contributed by atoms with E-state index in [0.29, 0.717) is 5.56 Å². The lowest BCUT2D eigenvalue weighted by Gasteiger charge is -2.25. The summed E-state index contributed by atoms with van der Waals surface area (Å²) in [6, 6.07) is 25.4. The Bertz CT molecular complexity index is 905. The Hall–Kier alpha value is -2.56. The number of thioether (sulfide) groups is 1. The van der Waals surface area contributed by atoms with E-state index in [-0.39, 0.29) is 12.5 Å². The van der Waals surface area contributed by atoms with E-state index < -0.39 is 5.60 Å². The van der Waals surface area contributed by atoms with Crippen LogP contribution >= 0.6 is 11.8 Å². The van der Waals surface area contributed by atoms with Gasteiger partial charge in [-0.2, -0.15) is 0 Å². The molecule has 0 spiro atoms. The highest BCUT2D eigenvalue weighted by Gasteiger charge is 2.24. The Morgan fingerprint density at radius 3 is 2.19 bits per heavy atom. The molecule has 2 N–H and O–H groups in total. The van der Waals surface area contributed by atoms with Crippen LogP contribution in [0.2, 0.25) is 0 Å². The highest BCUT2D eigenvalue weighted by molar-refractivity contribution is 7.98. The van der Waals surface area contributed by atoms with Crippen molar-refractivity contribution in [2.75, 3.05) is 12.8 Å². The van der Waals surface area contributed by atoms with Crippen LogP contribution in [0.3, 0.4) is 0 Å². The maximum Gasteiger partial charge on any atom is 0.252 e. The van der Waals surface area contributed by atoms with Crippen LogP contribution in [0.1, 0.15) is 22.8 Å². The second kappa shape index (κ2) is 8.42. The average Bonchev–Trinajstić information content (AvgIpc) is 2.73. The molecule has 0 aliphatic heterocycles. The van der Waals surface area contributed by atoms with E-state index >= 15 is 0 Å². The maximum atomic E-state index is 12.5. The number of carbonyl (C=O) groups is 1. The number of nitrogens with one attached hydrogen (secondary N) is 1. The third kappa shape index (κ3) is 4.59. The Kier molecular flexibility index (Phi) is 5.99. The van der Waals surface area contributed by atoms with Gasteiger partial charge in [0.15, 0.2) is 0 Å². The molecule has 3 nitrogen and oxygen atoms in total.